The molecular weight excluding hydrogens is 701 g/mol. The summed E-state index contributed by atoms with van der Waals surface area (Å²) in [6.07, 6.45) is 1.60. The van der Waals surface area contributed by atoms with E-state index in [0.717, 1.165) is 53.9 Å². The van der Waals surface area contributed by atoms with Crippen molar-refractivity contribution in [3.05, 3.63) is 77.6 Å². The Morgan fingerprint density at radius 1 is 1.02 bits per heavy atom. The minimum atomic E-state index is -4.34. The van der Waals surface area contributed by atoms with Gasteiger partial charge in [-0.2, -0.15) is 12.7 Å². The fraction of sp³-hybridized carbons (Fsp3) is 0.417. The molecule has 1 atom stereocenters. The number of hydrogen-bond donors (Lipinski definition) is 2. The number of nitrogens with one attached hydrogen (secondary N) is 2. The lowest BCUT2D eigenvalue weighted by Crippen LogP contribution is -2.47. The SMILES string of the molecule is CC(C)(C)OC(=O)COCCN1CCN(c2ccc(-c3cnc4[nH]cc(C(=O)c5c(F)ccc(NS(=O)(=O)N6CCC(F)C6)c5F)c4c3)cc2)CC1. The van der Waals surface area contributed by atoms with E-state index in [4.69, 9.17) is 9.47 Å². The standard InChI is InChI=1S/C36H41F3N6O6S/c1-36(2,3)51-31(46)22-50-17-16-43-12-14-44(15-13-43)26-6-4-23(5-7-26)24-18-27-28(20-41-35(27)40-19-24)34(47)32-29(38)8-9-30(33(32)39)42-52(48,49)45-11-10-25(37)21-45/h4-9,18-20,25,42H,10-17,21-22H2,1-3H3,(H,40,41). The highest BCUT2D eigenvalue weighted by Crippen LogP contribution is 2.31. The van der Waals surface area contributed by atoms with Crippen molar-refractivity contribution in [2.24, 2.45) is 0 Å². The minimum Gasteiger partial charge on any atom is -0.458 e. The number of esters is 1. The van der Waals surface area contributed by atoms with E-state index in [0.29, 0.717) is 29.7 Å². The Bertz CT molecular complexity index is 2050. The maximum absolute atomic E-state index is 15.6. The number of nitrogens with zero attached hydrogens (tertiary/aromatic N) is 4. The molecule has 0 radical (unpaired) electrons. The molecule has 2 aromatic heterocycles. The molecule has 2 N–H and O–H groups in total. The predicted molar refractivity (Wildman–Crippen MR) is 190 cm³/mol. The zero-order chi connectivity index (χ0) is 37.2. The summed E-state index contributed by atoms with van der Waals surface area (Å²) in [7, 11) is -4.34. The fourth-order valence-corrected chi connectivity index (χ4v) is 7.52. The third-order valence-electron chi connectivity index (χ3n) is 8.90. The second kappa shape index (κ2) is 15.2. The number of anilines is 2. The fourth-order valence-electron chi connectivity index (χ4n) is 6.25. The number of carbonyl (C=O) groups excluding carboxylic acids is 2. The third kappa shape index (κ3) is 8.57. The Kier molecular flexibility index (Phi) is 10.9. The van der Waals surface area contributed by atoms with Crippen LogP contribution in [0.1, 0.15) is 43.1 Å². The molecule has 0 amide bonds. The molecule has 0 aliphatic carbocycles. The molecular formula is C36H41F3N6O6S. The van der Waals surface area contributed by atoms with Gasteiger partial charge in [0.2, 0.25) is 5.78 Å². The zero-order valence-electron chi connectivity index (χ0n) is 29.1. The molecule has 2 fully saturated rings. The van der Waals surface area contributed by atoms with Gasteiger partial charge in [0.05, 0.1) is 17.9 Å². The molecule has 12 nitrogen and oxygen atoms in total. The molecule has 0 spiro atoms. The number of benzene rings is 2. The summed E-state index contributed by atoms with van der Waals surface area (Å²) in [6, 6.07) is 11.2. The van der Waals surface area contributed by atoms with Crippen LogP contribution in [0.25, 0.3) is 22.2 Å². The second-order valence-corrected chi connectivity index (χ2v) is 15.5. The van der Waals surface area contributed by atoms with Gasteiger partial charge in [0.25, 0.3) is 0 Å². The van der Waals surface area contributed by atoms with E-state index in [1.54, 1.807) is 12.3 Å². The van der Waals surface area contributed by atoms with Crippen LogP contribution in [-0.2, 0) is 24.5 Å². The van der Waals surface area contributed by atoms with E-state index in [1.165, 1.54) is 6.20 Å². The lowest BCUT2D eigenvalue weighted by Gasteiger charge is -2.36. The number of H-pyrrole nitrogens is 1. The van der Waals surface area contributed by atoms with Gasteiger partial charge in [-0.05, 0) is 63.1 Å². The van der Waals surface area contributed by atoms with Crippen molar-refractivity contribution in [3.63, 3.8) is 0 Å². The molecule has 4 aromatic rings. The van der Waals surface area contributed by atoms with E-state index in [2.05, 4.69) is 19.8 Å². The first-order valence-electron chi connectivity index (χ1n) is 17.0. The Morgan fingerprint density at radius 3 is 2.42 bits per heavy atom. The second-order valence-electron chi connectivity index (χ2n) is 13.8. The van der Waals surface area contributed by atoms with Gasteiger partial charge in [-0.1, -0.05) is 12.1 Å². The van der Waals surface area contributed by atoms with Gasteiger partial charge < -0.3 is 19.4 Å². The maximum atomic E-state index is 15.6. The monoisotopic (exact) mass is 742 g/mol. The number of aromatic amines is 1. The molecule has 1 unspecified atom stereocenters. The summed E-state index contributed by atoms with van der Waals surface area (Å²) in [6.45, 7) is 9.30. The molecule has 2 aromatic carbocycles. The third-order valence-corrected chi connectivity index (χ3v) is 10.4. The number of ether oxygens (including phenoxy) is 2. The minimum absolute atomic E-state index is 0.00693. The number of ketones is 1. The number of halogens is 3. The maximum Gasteiger partial charge on any atom is 0.332 e. The predicted octanol–water partition coefficient (Wildman–Crippen LogP) is 4.92. The molecule has 2 aliphatic heterocycles. The number of hydrogen-bond acceptors (Lipinski definition) is 9. The topological polar surface area (TPSA) is 137 Å². The molecule has 278 valence electrons. The van der Waals surface area contributed by atoms with Crippen molar-refractivity contribution in [3.8, 4) is 11.1 Å². The van der Waals surface area contributed by atoms with Crippen LogP contribution in [0.4, 0.5) is 24.5 Å². The van der Waals surface area contributed by atoms with Crippen molar-refractivity contribution in [1.82, 2.24) is 19.2 Å². The number of rotatable bonds is 12. The van der Waals surface area contributed by atoms with Crippen LogP contribution >= 0.6 is 0 Å². The summed E-state index contributed by atoms with van der Waals surface area (Å²) >= 11 is 0. The summed E-state index contributed by atoms with van der Waals surface area (Å²) in [5, 5.41) is 0.327. The van der Waals surface area contributed by atoms with Crippen LogP contribution in [0.15, 0.2) is 54.9 Å². The average molecular weight is 743 g/mol. The van der Waals surface area contributed by atoms with Gasteiger partial charge in [0.1, 0.15) is 29.8 Å². The van der Waals surface area contributed by atoms with Gasteiger partial charge in [0.15, 0.2) is 5.82 Å². The first-order valence-corrected chi connectivity index (χ1v) is 18.4. The van der Waals surface area contributed by atoms with Crippen LogP contribution in [0.2, 0.25) is 0 Å². The molecule has 2 aliphatic rings. The Morgan fingerprint density at radius 2 is 1.75 bits per heavy atom. The molecule has 52 heavy (non-hydrogen) atoms. The highest BCUT2D eigenvalue weighted by molar-refractivity contribution is 7.90. The largest absolute Gasteiger partial charge is 0.458 e. The summed E-state index contributed by atoms with van der Waals surface area (Å²) < 4.78 is 83.3. The van der Waals surface area contributed by atoms with Gasteiger partial charge >= 0.3 is 16.2 Å². The van der Waals surface area contributed by atoms with Crippen LogP contribution < -0.4 is 9.62 Å². The molecule has 4 heterocycles. The number of alkyl halides is 1. The van der Waals surface area contributed by atoms with Crippen molar-refractivity contribution in [2.75, 3.05) is 68.6 Å². The van der Waals surface area contributed by atoms with E-state index in [9.17, 15) is 22.4 Å². The van der Waals surface area contributed by atoms with Gasteiger partial charge in [-0.15, -0.1) is 0 Å². The number of aromatic nitrogens is 2. The molecule has 2 saturated heterocycles. The molecule has 16 heteroatoms. The van der Waals surface area contributed by atoms with E-state index in [-0.39, 0.29) is 37.6 Å². The zero-order valence-corrected chi connectivity index (χ0v) is 29.9. The van der Waals surface area contributed by atoms with Gasteiger partial charge in [-0.3, -0.25) is 14.4 Å². The quantitative estimate of drug-likeness (QED) is 0.118. The molecule has 0 bridgehead atoms. The summed E-state index contributed by atoms with van der Waals surface area (Å²) in [4.78, 5) is 37.3. The molecule has 0 saturated carbocycles. The van der Waals surface area contributed by atoms with Crippen LogP contribution in [0.5, 0.6) is 0 Å². The Balaban J connectivity index is 1.10. The Hall–Kier alpha value is -4.51. The van der Waals surface area contributed by atoms with Crippen molar-refractivity contribution in [2.45, 2.75) is 39.0 Å². The van der Waals surface area contributed by atoms with E-state index < -0.39 is 50.7 Å². The number of pyridine rings is 1. The van der Waals surface area contributed by atoms with Crippen molar-refractivity contribution in [1.29, 1.82) is 0 Å². The number of carbonyl (C=O) groups is 2. The first-order chi connectivity index (χ1) is 24.7. The normalized spacial score (nSPS) is 17.5. The van der Waals surface area contributed by atoms with Crippen molar-refractivity contribution >= 4 is 44.4 Å². The highest BCUT2D eigenvalue weighted by Gasteiger charge is 2.33. The smallest absolute Gasteiger partial charge is 0.332 e. The number of piperazine rings is 1. The average Bonchev–Trinajstić information content (AvgIpc) is 3.74. The van der Waals surface area contributed by atoms with Gasteiger partial charge in [-0.25, -0.2) is 22.9 Å². The van der Waals surface area contributed by atoms with E-state index >= 15 is 8.78 Å². The van der Waals surface area contributed by atoms with Gasteiger partial charge in [0, 0.05) is 80.4 Å². The lowest BCUT2D eigenvalue weighted by molar-refractivity contribution is -0.160. The highest BCUT2D eigenvalue weighted by atomic mass is 32.2. The summed E-state index contributed by atoms with van der Waals surface area (Å²) in [5.41, 5.74) is 0.679. The summed E-state index contributed by atoms with van der Waals surface area (Å²) in [5.74, 6) is -3.94. The molecule has 6 rings (SSSR count). The van der Waals surface area contributed by atoms with Crippen molar-refractivity contribution < 1.29 is 40.7 Å². The van der Waals surface area contributed by atoms with E-state index in [1.807, 2.05) is 49.8 Å². The van der Waals surface area contributed by atoms with Crippen LogP contribution in [0.3, 0.4) is 0 Å². The van der Waals surface area contributed by atoms with Crippen LogP contribution in [-0.4, -0.2) is 110 Å². The first kappa shape index (κ1) is 37.3. The Labute approximate surface area is 300 Å². The lowest BCUT2D eigenvalue weighted by atomic mass is 9.99. The number of fused-ring (bicyclic) bond motifs is 1. The van der Waals surface area contributed by atoms with Crippen LogP contribution in [0, 0.1) is 11.6 Å².